The van der Waals surface area contributed by atoms with Gasteiger partial charge >= 0.3 is 5.97 Å². The molecule has 2 aliphatic heterocycles. The average Bonchev–Trinajstić information content (AvgIpc) is 3.45. The van der Waals surface area contributed by atoms with Crippen LogP contribution in [0, 0.1) is 34.5 Å². The van der Waals surface area contributed by atoms with Gasteiger partial charge in [0.1, 0.15) is 24.9 Å². The Bertz CT molecular complexity index is 1000. The topological polar surface area (TPSA) is 166 Å². The van der Waals surface area contributed by atoms with E-state index >= 15 is 0 Å². The molecule has 10 nitrogen and oxygen atoms in total. The first-order chi connectivity index (χ1) is 18.4. The minimum atomic E-state index is -1.37. The van der Waals surface area contributed by atoms with Crippen LogP contribution >= 0.6 is 0 Å². The van der Waals surface area contributed by atoms with E-state index in [1.807, 2.05) is 0 Å². The third-order valence-electron chi connectivity index (χ3n) is 12.0. The number of carbonyl (C=O) groups excluding carboxylic acids is 1. The second-order valence-electron chi connectivity index (χ2n) is 13.5. The van der Waals surface area contributed by atoms with Crippen LogP contribution in [0.4, 0.5) is 0 Å². The molecule has 1 saturated heterocycles. The van der Waals surface area contributed by atoms with Crippen molar-refractivity contribution in [1.29, 1.82) is 0 Å². The van der Waals surface area contributed by atoms with Gasteiger partial charge in [0.2, 0.25) is 0 Å². The van der Waals surface area contributed by atoms with Crippen molar-refractivity contribution >= 4 is 5.97 Å². The number of aliphatic hydroxyl groups excluding tert-OH is 5. The SMILES string of the molecule is C[C@H]1O[C@H](O[C@H]2CC[C@@]3(CO)[C@H](CC[C@H]4[C@@H]3[C@@H](O)C[C@]3(C)[C@@H](C5=CC(=O)OC5)CC[C@]43O)C2)[C@H](O)[C@H](O)[C@H]1O. The van der Waals surface area contributed by atoms with Crippen molar-refractivity contribution in [3.63, 3.8) is 0 Å². The minimum Gasteiger partial charge on any atom is -0.458 e. The van der Waals surface area contributed by atoms with Gasteiger partial charge in [0.25, 0.3) is 0 Å². The van der Waals surface area contributed by atoms with E-state index in [0.717, 1.165) is 24.8 Å². The Hall–Kier alpha value is -1.11. The molecule has 0 aromatic heterocycles. The lowest BCUT2D eigenvalue weighted by atomic mass is 9.42. The number of rotatable bonds is 4. The van der Waals surface area contributed by atoms with Crippen molar-refractivity contribution in [2.45, 2.75) is 114 Å². The average molecular weight is 553 g/mol. The van der Waals surface area contributed by atoms with Crippen molar-refractivity contribution < 1.29 is 49.6 Å². The third-order valence-corrected chi connectivity index (χ3v) is 12.0. The zero-order valence-electron chi connectivity index (χ0n) is 22.8. The fourth-order valence-electron chi connectivity index (χ4n) is 9.99. The third kappa shape index (κ3) is 4.00. The molecule has 6 N–H and O–H groups in total. The molecule has 2 heterocycles. The number of hydrogen-bond donors (Lipinski definition) is 6. The smallest absolute Gasteiger partial charge is 0.331 e. The summed E-state index contributed by atoms with van der Waals surface area (Å²) in [4.78, 5) is 11.8. The van der Waals surface area contributed by atoms with Crippen LogP contribution in [-0.2, 0) is 19.0 Å². The monoisotopic (exact) mass is 552 g/mol. The first kappa shape index (κ1) is 28.0. The summed E-state index contributed by atoms with van der Waals surface area (Å²) >= 11 is 0. The van der Waals surface area contributed by atoms with Gasteiger partial charge < -0.3 is 44.8 Å². The van der Waals surface area contributed by atoms with Gasteiger partial charge in [0.15, 0.2) is 6.29 Å². The maximum absolute atomic E-state index is 12.4. The number of esters is 1. The number of ether oxygens (including phenoxy) is 3. The van der Waals surface area contributed by atoms with Crippen molar-refractivity contribution in [2.75, 3.05) is 13.2 Å². The van der Waals surface area contributed by atoms with Crippen LogP contribution in [0.2, 0.25) is 0 Å². The molecule has 0 unspecified atom stereocenters. The van der Waals surface area contributed by atoms with E-state index in [2.05, 4.69) is 6.92 Å². The summed E-state index contributed by atoms with van der Waals surface area (Å²) in [6.45, 7) is 3.84. The lowest BCUT2D eigenvalue weighted by Crippen LogP contribution is -2.68. The van der Waals surface area contributed by atoms with Crippen LogP contribution < -0.4 is 0 Å². The summed E-state index contributed by atoms with van der Waals surface area (Å²) in [5, 5.41) is 65.7. The Kier molecular flexibility index (Phi) is 6.99. The lowest BCUT2D eigenvalue weighted by molar-refractivity contribution is -0.313. The van der Waals surface area contributed by atoms with Gasteiger partial charge in [-0.3, -0.25) is 0 Å². The Balaban J connectivity index is 1.22. The van der Waals surface area contributed by atoms with E-state index in [1.165, 1.54) is 0 Å². The zero-order valence-corrected chi connectivity index (χ0v) is 22.8. The lowest BCUT2D eigenvalue weighted by Gasteiger charge is -2.65. The first-order valence-electron chi connectivity index (χ1n) is 14.7. The molecule has 14 atom stereocenters. The van der Waals surface area contributed by atoms with Gasteiger partial charge in [-0.15, -0.1) is 0 Å². The normalized spacial score (nSPS) is 55.3. The maximum atomic E-state index is 12.4. The molecule has 220 valence electrons. The highest BCUT2D eigenvalue weighted by molar-refractivity contribution is 5.85. The summed E-state index contributed by atoms with van der Waals surface area (Å²) in [5.74, 6) is -0.753. The molecular formula is C29H44O10. The van der Waals surface area contributed by atoms with Gasteiger partial charge in [-0.1, -0.05) is 6.92 Å². The van der Waals surface area contributed by atoms with Crippen LogP contribution in [0.3, 0.4) is 0 Å². The Morgan fingerprint density at radius 1 is 1.05 bits per heavy atom. The van der Waals surface area contributed by atoms with Crippen molar-refractivity contribution in [2.24, 2.45) is 34.5 Å². The first-order valence-corrected chi connectivity index (χ1v) is 14.7. The van der Waals surface area contributed by atoms with Gasteiger partial charge in [0, 0.05) is 23.5 Å². The van der Waals surface area contributed by atoms with Crippen LogP contribution in [-0.4, -0.2) is 98.3 Å². The molecule has 10 heteroatoms. The van der Waals surface area contributed by atoms with Gasteiger partial charge in [0.05, 0.1) is 23.9 Å². The van der Waals surface area contributed by atoms with Crippen LogP contribution in [0.25, 0.3) is 0 Å². The Labute approximate surface area is 229 Å². The summed E-state index contributed by atoms with van der Waals surface area (Å²) in [5.41, 5.74) is -1.25. The molecule has 39 heavy (non-hydrogen) atoms. The molecule has 0 bridgehead atoms. The van der Waals surface area contributed by atoms with Gasteiger partial charge in [-0.25, -0.2) is 4.79 Å². The Morgan fingerprint density at radius 3 is 2.51 bits per heavy atom. The molecular weight excluding hydrogens is 508 g/mol. The van der Waals surface area contributed by atoms with Gasteiger partial charge in [-0.05, 0) is 87.5 Å². The molecule has 0 amide bonds. The van der Waals surface area contributed by atoms with Crippen molar-refractivity contribution in [3.05, 3.63) is 11.6 Å². The highest BCUT2D eigenvalue weighted by Crippen LogP contribution is 2.70. The molecule has 5 fully saturated rings. The molecule has 0 aromatic carbocycles. The number of hydrogen-bond acceptors (Lipinski definition) is 10. The predicted octanol–water partition coefficient (Wildman–Crippen LogP) is 0.399. The van der Waals surface area contributed by atoms with E-state index in [-0.39, 0.29) is 49.0 Å². The maximum Gasteiger partial charge on any atom is 0.331 e. The Morgan fingerprint density at radius 2 is 1.82 bits per heavy atom. The quantitative estimate of drug-likeness (QED) is 0.212. The molecule has 6 aliphatic rings. The molecule has 4 saturated carbocycles. The second kappa shape index (κ2) is 9.73. The zero-order chi connectivity index (χ0) is 27.9. The van der Waals surface area contributed by atoms with Crippen LogP contribution in [0.5, 0.6) is 0 Å². The number of aliphatic hydroxyl groups is 6. The van der Waals surface area contributed by atoms with E-state index in [9.17, 15) is 35.4 Å². The molecule has 0 radical (unpaired) electrons. The fourth-order valence-corrected chi connectivity index (χ4v) is 9.99. The largest absolute Gasteiger partial charge is 0.458 e. The number of carbonyl (C=O) groups is 1. The van der Waals surface area contributed by atoms with Gasteiger partial charge in [-0.2, -0.15) is 0 Å². The van der Waals surface area contributed by atoms with Crippen LogP contribution in [0.1, 0.15) is 65.2 Å². The highest BCUT2D eigenvalue weighted by Gasteiger charge is 2.70. The number of cyclic esters (lactones) is 1. The van der Waals surface area contributed by atoms with E-state index in [4.69, 9.17) is 14.2 Å². The van der Waals surface area contributed by atoms with Crippen molar-refractivity contribution in [1.82, 2.24) is 0 Å². The minimum absolute atomic E-state index is 0.0327. The summed E-state index contributed by atoms with van der Waals surface area (Å²) in [6, 6.07) is 0. The molecule has 4 aliphatic carbocycles. The number of fused-ring (bicyclic) bond motifs is 5. The molecule has 0 aromatic rings. The molecule has 0 spiro atoms. The second-order valence-corrected chi connectivity index (χ2v) is 13.5. The molecule has 6 rings (SSSR count). The summed E-state index contributed by atoms with van der Waals surface area (Å²) < 4.78 is 17.0. The van der Waals surface area contributed by atoms with E-state index < -0.39 is 53.2 Å². The predicted molar refractivity (Wildman–Crippen MR) is 136 cm³/mol. The van der Waals surface area contributed by atoms with Crippen LogP contribution in [0.15, 0.2) is 11.6 Å². The van der Waals surface area contributed by atoms with E-state index in [0.29, 0.717) is 32.1 Å². The van der Waals surface area contributed by atoms with E-state index in [1.54, 1.807) is 13.0 Å². The standard InChI is InChI=1S/C29H44O10/c1-14-23(33)24(34)25(35)26(38-14)39-17-5-7-28(13-30)16(10-17)3-4-19-22(28)20(31)11-27(2)18(6-8-29(19,27)36)15-9-21(32)37-12-15/h9,14,16-20,22-26,30-31,33-36H,3-8,10-13H2,1-2H3/t14-,16-,17+,18-,19+,20+,22-,23+,24-,25-,26-,27-,28-,29+/m1/s1. The fraction of sp³-hybridized carbons (Fsp3) is 0.897. The summed E-state index contributed by atoms with van der Waals surface area (Å²) in [6.07, 6.45) is -0.0583. The van der Waals surface area contributed by atoms with Crippen molar-refractivity contribution in [3.8, 4) is 0 Å². The highest BCUT2D eigenvalue weighted by atomic mass is 16.7. The summed E-state index contributed by atoms with van der Waals surface area (Å²) in [7, 11) is 0.